The van der Waals surface area contributed by atoms with Crippen molar-refractivity contribution in [1.82, 2.24) is 9.88 Å². The van der Waals surface area contributed by atoms with Gasteiger partial charge in [0.2, 0.25) is 0 Å². The molecule has 84 valence electrons. The molecule has 1 aliphatic rings. The molecule has 1 unspecified atom stereocenters. The maximum Gasteiger partial charge on any atom is 0.195 e. The van der Waals surface area contributed by atoms with E-state index in [1.165, 1.54) is 19.4 Å². The van der Waals surface area contributed by atoms with Crippen molar-refractivity contribution >= 4 is 0 Å². The highest BCUT2D eigenvalue weighted by Crippen LogP contribution is 2.19. The SMILES string of the molecule is CN1CCCC1Cc1ncc(CCN)o1. The van der Waals surface area contributed by atoms with Crippen LogP contribution < -0.4 is 5.73 Å². The zero-order valence-electron chi connectivity index (χ0n) is 9.28. The minimum atomic E-state index is 0.606. The van der Waals surface area contributed by atoms with E-state index < -0.39 is 0 Å². The molecule has 0 spiro atoms. The largest absolute Gasteiger partial charge is 0.446 e. The van der Waals surface area contributed by atoms with Gasteiger partial charge in [0.25, 0.3) is 0 Å². The third kappa shape index (κ3) is 2.58. The summed E-state index contributed by atoms with van der Waals surface area (Å²) in [5.41, 5.74) is 5.46. The van der Waals surface area contributed by atoms with Crippen molar-refractivity contribution in [3.8, 4) is 0 Å². The molecule has 0 bridgehead atoms. The number of nitrogens with zero attached hydrogens (tertiary/aromatic N) is 2. The molecule has 15 heavy (non-hydrogen) atoms. The number of likely N-dealkylation sites (N-methyl/N-ethyl adjacent to an activating group) is 1. The van der Waals surface area contributed by atoms with Gasteiger partial charge in [0.1, 0.15) is 5.76 Å². The van der Waals surface area contributed by atoms with E-state index in [-0.39, 0.29) is 0 Å². The summed E-state index contributed by atoms with van der Waals surface area (Å²) in [4.78, 5) is 6.67. The highest BCUT2D eigenvalue weighted by Gasteiger charge is 2.22. The third-order valence-electron chi connectivity index (χ3n) is 3.07. The average Bonchev–Trinajstić information content (AvgIpc) is 2.79. The van der Waals surface area contributed by atoms with E-state index in [2.05, 4.69) is 16.9 Å². The van der Waals surface area contributed by atoms with Crippen molar-refractivity contribution in [3.05, 3.63) is 17.8 Å². The summed E-state index contributed by atoms with van der Waals surface area (Å²) in [5, 5.41) is 0. The molecule has 1 fully saturated rings. The van der Waals surface area contributed by atoms with Gasteiger partial charge in [-0.3, -0.25) is 0 Å². The number of rotatable bonds is 4. The van der Waals surface area contributed by atoms with Crippen LogP contribution in [0.5, 0.6) is 0 Å². The number of hydrogen-bond donors (Lipinski definition) is 1. The molecule has 0 aromatic carbocycles. The fourth-order valence-electron chi connectivity index (χ4n) is 2.14. The normalized spacial score (nSPS) is 22.4. The molecule has 0 saturated carbocycles. The molecular formula is C11H19N3O. The fourth-order valence-corrected chi connectivity index (χ4v) is 2.14. The van der Waals surface area contributed by atoms with Gasteiger partial charge >= 0.3 is 0 Å². The summed E-state index contributed by atoms with van der Waals surface area (Å²) in [5.74, 6) is 1.77. The van der Waals surface area contributed by atoms with E-state index in [0.717, 1.165) is 24.5 Å². The second kappa shape index (κ2) is 4.77. The predicted octanol–water partition coefficient (Wildman–Crippen LogP) is 0.812. The van der Waals surface area contributed by atoms with Crippen molar-refractivity contribution in [1.29, 1.82) is 0 Å². The van der Waals surface area contributed by atoms with Gasteiger partial charge in [0.05, 0.1) is 6.20 Å². The van der Waals surface area contributed by atoms with Gasteiger partial charge in [0, 0.05) is 18.9 Å². The molecule has 2 heterocycles. The zero-order chi connectivity index (χ0) is 10.7. The topological polar surface area (TPSA) is 55.3 Å². The monoisotopic (exact) mass is 209 g/mol. The maximum atomic E-state index is 5.62. The minimum Gasteiger partial charge on any atom is -0.446 e. The maximum absolute atomic E-state index is 5.62. The lowest BCUT2D eigenvalue weighted by Gasteiger charge is -2.17. The lowest BCUT2D eigenvalue weighted by Crippen LogP contribution is -2.26. The van der Waals surface area contributed by atoms with Crippen LogP contribution in [0.4, 0.5) is 0 Å². The molecule has 1 atom stereocenters. The average molecular weight is 209 g/mol. The van der Waals surface area contributed by atoms with E-state index >= 15 is 0 Å². The minimum absolute atomic E-state index is 0.606. The van der Waals surface area contributed by atoms with Crippen molar-refractivity contribution in [2.24, 2.45) is 5.73 Å². The standard InChI is InChI=1S/C11H19N3O/c1-14-6-2-3-9(14)7-11-13-8-10(15-11)4-5-12/h8-9H,2-7,12H2,1H3. The van der Waals surface area contributed by atoms with Crippen LogP contribution in [-0.2, 0) is 12.8 Å². The van der Waals surface area contributed by atoms with Gasteiger partial charge in [-0.05, 0) is 33.0 Å². The van der Waals surface area contributed by atoms with E-state index in [1.54, 1.807) is 6.20 Å². The van der Waals surface area contributed by atoms with Crippen LogP contribution in [0.25, 0.3) is 0 Å². The highest BCUT2D eigenvalue weighted by atomic mass is 16.4. The number of oxazole rings is 1. The lowest BCUT2D eigenvalue weighted by molar-refractivity contribution is 0.289. The van der Waals surface area contributed by atoms with Crippen LogP contribution in [0.1, 0.15) is 24.5 Å². The molecule has 1 aliphatic heterocycles. The molecule has 1 aromatic rings. The number of nitrogens with two attached hydrogens (primary N) is 1. The Morgan fingerprint density at radius 2 is 2.53 bits per heavy atom. The Balaban J connectivity index is 1.92. The van der Waals surface area contributed by atoms with Crippen molar-refractivity contribution < 1.29 is 4.42 Å². The van der Waals surface area contributed by atoms with Gasteiger partial charge in [-0.1, -0.05) is 0 Å². The smallest absolute Gasteiger partial charge is 0.195 e. The third-order valence-corrected chi connectivity index (χ3v) is 3.07. The summed E-state index contributed by atoms with van der Waals surface area (Å²) in [6.45, 7) is 1.82. The molecule has 2 rings (SSSR count). The first kappa shape index (κ1) is 10.6. The lowest BCUT2D eigenvalue weighted by atomic mass is 10.1. The van der Waals surface area contributed by atoms with Crippen molar-refractivity contribution in [2.75, 3.05) is 20.1 Å². The molecule has 0 aliphatic carbocycles. The first-order valence-corrected chi connectivity index (χ1v) is 5.63. The highest BCUT2D eigenvalue weighted by molar-refractivity contribution is 4.97. The van der Waals surface area contributed by atoms with Crippen molar-refractivity contribution in [2.45, 2.75) is 31.7 Å². The van der Waals surface area contributed by atoms with Gasteiger partial charge in [0.15, 0.2) is 5.89 Å². The second-order valence-corrected chi connectivity index (χ2v) is 4.24. The number of hydrogen-bond acceptors (Lipinski definition) is 4. The Bertz CT molecular complexity index is 311. The summed E-state index contributed by atoms with van der Waals surface area (Å²) in [6.07, 6.45) is 6.06. The Morgan fingerprint density at radius 1 is 1.67 bits per heavy atom. The molecular weight excluding hydrogens is 190 g/mol. The number of likely N-dealkylation sites (tertiary alicyclic amines) is 1. The van der Waals surface area contributed by atoms with E-state index in [0.29, 0.717) is 12.6 Å². The van der Waals surface area contributed by atoms with Crippen LogP contribution >= 0.6 is 0 Å². The summed E-state index contributed by atoms with van der Waals surface area (Å²) in [6, 6.07) is 0.606. The van der Waals surface area contributed by atoms with E-state index in [4.69, 9.17) is 10.2 Å². The Morgan fingerprint density at radius 3 is 3.20 bits per heavy atom. The fraction of sp³-hybridized carbons (Fsp3) is 0.727. The Kier molecular flexibility index (Phi) is 3.38. The summed E-state index contributed by atoms with van der Waals surface area (Å²) < 4.78 is 5.62. The zero-order valence-corrected chi connectivity index (χ0v) is 9.28. The quantitative estimate of drug-likeness (QED) is 0.797. The molecule has 4 nitrogen and oxygen atoms in total. The molecule has 2 N–H and O–H groups in total. The molecule has 1 saturated heterocycles. The molecule has 1 aromatic heterocycles. The van der Waals surface area contributed by atoms with Gasteiger partial charge in [-0.25, -0.2) is 4.98 Å². The van der Waals surface area contributed by atoms with Crippen LogP contribution in [0.2, 0.25) is 0 Å². The van der Waals surface area contributed by atoms with Gasteiger partial charge in [-0.15, -0.1) is 0 Å². The molecule has 0 amide bonds. The summed E-state index contributed by atoms with van der Waals surface area (Å²) in [7, 11) is 2.17. The van der Waals surface area contributed by atoms with E-state index in [1.807, 2.05) is 0 Å². The van der Waals surface area contributed by atoms with Gasteiger partial charge in [-0.2, -0.15) is 0 Å². The van der Waals surface area contributed by atoms with Crippen LogP contribution in [-0.4, -0.2) is 36.1 Å². The summed E-state index contributed by atoms with van der Waals surface area (Å²) >= 11 is 0. The van der Waals surface area contributed by atoms with Gasteiger partial charge < -0.3 is 15.1 Å². The van der Waals surface area contributed by atoms with Crippen LogP contribution in [0, 0.1) is 0 Å². The Labute approximate surface area is 90.5 Å². The van der Waals surface area contributed by atoms with E-state index in [9.17, 15) is 0 Å². The number of aromatic nitrogens is 1. The Hall–Kier alpha value is -0.870. The van der Waals surface area contributed by atoms with Crippen molar-refractivity contribution in [3.63, 3.8) is 0 Å². The second-order valence-electron chi connectivity index (χ2n) is 4.24. The predicted molar refractivity (Wildman–Crippen MR) is 58.6 cm³/mol. The first-order valence-electron chi connectivity index (χ1n) is 5.63. The van der Waals surface area contributed by atoms with Crippen LogP contribution in [0.3, 0.4) is 0 Å². The molecule has 0 radical (unpaired) electrons. The first-order chi connectivity index (χ1) is 7.29. The molecule has 4 heteroatoms. The van der Waals surface area contributed by atoms with Crippen LogP contribution in [0.15, 0.2) is 10.6 Å².